The largest absolute Gasteiger partial charge is 0.512 e. The first-order valence-corrected chi connectivity index (χ1v) is 31.8. The van der Waals surface area contributed by atoms with Gasteiger partial charge in [-0.25, -0.2) is 11.3 Å². The quantitative estimate of drug-likeness (QED) is 0.0506. The second-order valence-electron chi connectivity index (χ2n) is 25.8. The van der Waals surface area contributed by atoms with Crippen molar-refractivity contribution >= 4 is 55.7 Å². The number of allylic oxidation sites excluding steroid dienone is 4. The summed E-state index contributed by atoms with van der Waals surface area (Å²) in [7, 11) is 0. The third-order valence-corrected chi connectivity index (χ3v) is 19.6. The smallest absolute Gasteiger partial charge is 0.155 e. The molecule has 3 radical (unpaired) electrons. The molecule has 4 aromatic carbocycles. The average Bonchev–Trinajstić information content (AvgIpc) is 1.54. The molecule has 12 heteroatoms. The van der Waals surface area contributed by atoms with Gasteiger partial charge < -0.3 is 24.6 Å². The van der Waals surface area contributed by atoms with E-state index in [4.69, 9.17) is 14.6 Å². The number of aliphatic hydroxyl groups is 2. The van der Waals surface area contributed by atoms with Crippen LogP contribution in [0.5, 0.6) is 0 Å². The van der Waals surface area contributed by atoms with Gasteiger partial charge in [-0.3, -0.25) is 14.6 Å². The van der Waals surface area contributed by atoms with Crippen LogP contribution in [0, 0.1) is 39.9 Å². The van der Waals surface area contributed by atoms with Gasteiger partial charge in [-0.1, -0.05) is 150 Å². The third kappa shape index (κ3) is 20.6. The number of pyridine rings is 2. The van der Waals surface area contributed by atoms with Crippen LogP contribution in [-0.4, -0.2) is 36.7 Å². The fourth-order valence-electron chi connectivity index (χ4n) is 13.7. The van der Waals surface area contributed by atoms with Crippen molar-refractivity contribution in [3.8, 4) is 22.0 Å². The number of benzene rings is 4. The fraction of sp³-hybridized carbons (Fsp3) is 0.453. The fourth-order valence-corrected chi connectivity index (χ4v) is 14.8. The zero-order chi connectivity index (χ0) is 59.9. The van der Waals surface area contributed by atoms with Gasteiger partial charge in [0.1, 0.15) is 11.5 Å². The summed E-state index contributed by atoms with van der Waals surface area (Å²) >= 11 is 1.90. The molecule has 471 valence electrons. The van der Waals surface area contributed by atoms with Crippen molar-refractivity contribution in [2.75, 3.05) is 0 Å². The first-order valence-electron chi connectivity index (χ1n) is 31.0. The van der Waals surface area contributed by atoms with Gasteiger partial charge in [0.05, 0.1) is 17.0 Å². The Balaban J connectivity index is 0.000000211. The minimum atomic E-state index is -0.125. The summed E-state index contributed by atoms with van der Waals surface area (Å²) in [6, 6.07) is 44.1. The van der Waals surface area contributed by atoms with Crippen LogP contribution in [0.2, 0.25) is 0 Å². The number of para-hydroxylation sites is 2. The molecular formula is C75H90Ir3N3O5S-3. The second kappa shape index (κ2) is 33.9. The van der Waals surface area contributed by atoms with Crippen LogP contribution in [0.25, 0.3) is 54.8 Å². The van der Waals surface area contributed by atoms with Gasteiger partial charge >= 0.3 is 0 Å². The number of carbonyl (C=O) groups is 2. The summed E-state index contributed by atoms with van der Waals surface area (Å²) in [5.74, 6) is 1.08. The topological polar surface area (TPSA) is 126 Å². The number of aromatic nitrogens is 3. The van der Waals surface area contributed by atoms with E-state index in [9.17, 15) is 9.59 Å². The standard InChI is InChI=1S/C23H30NS.C21H22NO.C21H22N.2C5H8O2.3Ir/c1-22(10-3-4-11-22)16-18-9-14-24-20(15-18)21-8-7-19(25-21)17-23(2)12-5-6-13-23;1-15(21(2)12-5-6-13-21)16-8-7-9-17(14-16)20-22-18-10-3-4-11-19(18)23-20;1-2-21(12-5-6-13-21)15-17-11-14-22-20-18-8-4-3-7-16(18)9-10-19(17)20;2*1-4(6)3-5(2)7;;;/h7,9,14-15H,3-6,10-13,16-17H2,1-2H3;3-4,7-8,10-11,14-15H,5-6,12-13H2,1-2H3;3-4,7,9-11,14H,2,5-6,12-13,15H2,1H3;2*3,6H,1-2H3;;;/q3*-1;;;;;. The van der Waals surface area contributed by atoms with E-state index in [1.54, 1.807) is 0 Å². The van der Waals surface area contributed by atoms with Crippen molar-refractivity contribution in [2.45, 2.75) is 197 Å². The Morgan fingerprint density at radius 3 is 1.89 bits per heavy atom. The summed E-state index contributed by atoms with van der Waals surface area (Å²) in [5.41, 5.74) is 11.1. The van der Waals surface area contributed by atoms with E-state index in [0.717, 1.165) is 33.3 Å². The Morgan fingerprint density at radius 1 is 0.667 bits per heavy atom. The third-order valence-electron chi connectivity index (χ3n) is 18.6. The normalized spacial score (nSPS) is 17.3. The van der Waals surface area contributed by atoms with E-state index < -0.39 is 0 Å². The van der Waals surface area contributed by atoms with Crippen molar-refractivity contribution in [1.82, 2.24) is 15.0 Å². The van der Waals surface area contributed by atoms with Crippen molar-refractivity contribution < 1.29 is 84.5 Å². The van der Waals surface area contributed by atoms with E-state index in [2.05, 4.69) is 122 Å². The number of nitrogens with zero attached hydrogens (tertiary/aromatic N) is 3. The summed E-state index contributed by atoms with van der Waals surface area (Å²) in [4.78, 5) is 36.6. The molecule has 4 aromatic heterocycles. The molecule has 0 spiro atoms. The number of thiophene rings is 1. The number of aliphatic hydroxyl groups excluding tert-OH is 2. The van der Waals surface area contributed by atoms with Crippen molar-refractivity contribution in [3.05, 3.63) is 173 Å². The molecule has 8 nitrogen and oxygen atoms in total. The van der Waals surface area contributed by atoms with Crippen LogP contribution in [0.1, 0.15) is 199 Å². The summed E-state index contributed by atoms with van der Waals surface area (Å²) in [6.07, 6.45) is 33.2. The minimum absolute atomic E-state index is 0. The number of ketones is 2. The van der Waals surface area contributed by atoms with Crippen LogP contribution < -0.4 is 0 Å². The maximum Gasteiger partial charge on any atom is 0.155 e. The first kappa shape index (κ1) is 73.0. The minimum Gasteiger partial charge on any atom is -0.512 e. The van der Waals surface area contributed by atoms with Crippen molar-refractivity contribution in [2.24, 2.45) is 21.7 Å². The van der Waals surface area contributed by atoms with Crippen LogP contribution in [0.4, 0.5) is 0 Å². The van der Waals surface area contributed by atoms with E-state index in [0.29, 0.717) is 33.5 Å². The molecule has 4 heterocycles. The molecule has 4 fully saturated rings. The van der Waals surface area contributed by atoms with Crippen molar-refractivity contribution in [1.29, 1.82) is 0 Å². The molecule has 4 aliphatic carbocycles. The maximum absolute atomic E-state index is 10.0. The molecule has 8 aromatic rings. The Hall–Kier alpha value is -4.76. The van der Waals surface area contributed by atoms with Gasteiger partial charge in [0, 0.05) is 84.9 Å². The first-order chi connectivity index (χ1) is 40.3. The van der Waals surface area contributed by atoms with Crippen LogP contribution >= 0.6 is 11.3 Å². The number of oxazole rings is 1. The summed E-state index contributed by atoms with van der Waals surface area (Å²) in [5, 5.41) is 20.4. The van der Waals surface area contributed by atoms with E-state index in [1.165, 1.54) is 205 Å². The summed E-state index contributed by atoms with van der Waals surface area (Å²) < 4.78 is 5.90. The molecule has 87 heavy (non-hydrogen) atoms. The molecule has 4 saturated carbocycles. The second-order valence-corrected chi connectivity index (χ2v) is 27.0. The number of hydrogen-bond acceptors (Lipinski definition) is 9. The Kier molecular flexibility index (Phi) is 28.4. The average molecular weight is 1720 g/mol. The molecule has 1 atom stereocenters. The Labute approximate surface area is 563 Å². The predicted molar refractivity (Wildman–Crippen MR) is 347 cm³/mol. The predicted octanol–water partition coefficient (Wildman–Crippen LogP) is 20.6. The number of fused-ring (bicyclic) bond motifs is 4. The van der Waals surface area contributed by atoms with Crippen LogP contribution in [0.15, 0.2) is 138 Å². The van der Waals surface area contributed by atoms with Gasteiger partial charge in [-0.15, -0.1) is 64.9 Å². The van der Waals surface area contributed by atoms with E-state index in [1.807, 2.05) is 66.2 Å². The van der Waals surface area contributed by atoms with Gasteiger partial charge in [0.2, 0.25) is 0 Å². The van der Waals surface area contributed by atoms with E-state index >= 15 is 0 Å². The van der Waals surface area contributed by atoms with Gasteiger partial charge in [-0.2, -0.15) is 12.1 Å². The molecule has 12 rings (SSSR count). The summed E-state index contributed by atoms with van der Waals surface area (Å²) in [6.45, 7) is 17.8. The zero-order valence-electron chi connectivity index (χ0n) is 52.6. The molecule has 4 aliphatic rings. The van der Waals surface area contributed by atoms with Gasteiger partial charge in [-0.05, 0) is 166 Å². The van der Waals surface area contributed by atoms with Crippen molar-refractivity contribution in [3.63, 3.8) is 0 Å². The SMILES string of the molecule is CC(=O)C=C(C)O.CC(=O)C=C(C)O.CC(c1cc[c-]c(-c2nc3ccccc3o2)c1)C1(C)CCCC1.CC1(Cc2ccnc(-c3[c-]cc(CC4(C)CCCC4)s3)c2)CCCC1.CCC1(Cc2ccnc3c2ccc2ccc[c-]c23)CCCC1.[Ir].[Ir].[Ir]. The molecular weight excluding hydrogens is 1630 g/mol. The molecule has 0 amide bonds. The van der Waals surface area contributed by atoms with Crippen LogP contribution in [-0.2, 0) is 89.2 Å². The Bertz CT molecular complexity index is 3470. The molecule has 2 N–H and O–H groups in total. The zero-order valence-corrected chi connectivity index (χ0v) is 60.6. The number of rotatable bonds is 13. The molecule has 1 unspecified atom stereocenters. The number of hydrogen-bond donors (Lipinski definition) is 2. The Morgan fingerprint density at radius 2 is 1.28 bits per heavy atom. The number of carbonyl (C=O) groups excluding carboxylic acids is 2. The van der Waals surface area contributed by atoms with E-state index in [-0.39, 0.29) is 83.4 Å². The van der Waals surface area contributed by atoms with Gasteiger partial charge in [0.25, 0.3) is 0 Å². The van der Waals surface area contributed by atoms with Gasteiger partial charge in [0.15, 0.2) is 11.6 Å². The maximum atomic E-state index is 10.0. The molecule has 0 saturated heterocycles. The molecule has 0 bridgehead atoms. The van der Waals surface area contributed by atoms with Crippen LogP contribution in [0.3, 0.4) is 0 Å². The molecule has 0 aliphatic heterocycles. The monoisotopic (exact) mass is 1720 g/mol.